The van der Waals surface area contributed by atoms with E-state index < -0.39 is 0 Å². The summed E-state index contributed by atoms with van der Waals surface area (Å²) in [5.41, 5.74) is 0. The van der Waals surface area contributed by atoms with Crippen LogP contribution in [0, 0.1) is 0 Å². The van der Waals surface area contributed by atoms with Gasteiger partial charge in [0.25, 0.3) is 0 Å². The molecule has 1 atom stereocenters. The molecule has 0 aliphatic carbocycles. The second-order valence-electron chi connectivity index (χ2n) is 3.39. The Morgan fingerprint density at radius 1 is 1.00 bits per heavy atom. The fourth-order valence-electron chi connectivity index (χ4n) is 1.54. The van der Waals surface area contributed by atoms with Crippen molar-refractivity contribution < 1.29 is 9.53 Å². The van der Waals surface area contributed by atoms with Crippen LogP contribution in [0.1, 0.15) is 44.9 Å². The summed E-state index contributed by atoms with van der Waals surface area (Å²) in [6.07, 6.45) is 9.88. The Morgan fingerprint density at radius 2 is 1.67 bits per heavy atom. The lowest BCUT2D eigenvalue weighted by atomic mass is 10.1. The van der Waals surface area contributed by atoms with E-state index in [4.69, 9.17) is 4.74 Å². The van der Waals surface area contributed by atoms with Crippen LogP contribution in [-0.4, -0.2) is 19.0 Å². The van der Waals surface area contributed by atoms with Crippen LogP contribution in [-0.2, 0) is 9.53 Å². The molecule has 0 aromatic carbocycles. The van der Waals surface area contributed by atoms with E-state index in [0.29, 0.717) is 0 Å². The zero-order valence-corrected chi connectivity index (χ0v) is 7.55. The predicted molar refractivity (Wildman–Crippen MR) is 47.8 cm³/mol. The van der Waals surface area contributed by atoms with E-state index in [1.54, 1.807) is 0 Å². The quantitative estimate of drug-likeness (QED) is 0.601. The smallest absolute Gasteiger partial charge is 0.229 e. The minimum absolute atomic E-state index is 0.247. The molecule has 0 N–H and O–H groups in total. The van der Waals surface area contributed by atoms with Gasteiger partial charge in [0.1, 0.15) is 6.10 Å². The number of hydrogen-bond donors (Lipinski definition) is 0. The van der Waals surface area contributed by atoms with E-state index >= 15 is 0 Å². The molecule has 1 aliphatic heterocycles. The van der Waals surface area contributed by atoms with E-state index in [0.717, 1.165) is 25.9 Å². The summed E-state index contributed by atoms with van der Waals surface area (Å²) in [6.45, 7) is 0.736. The van der Waals surface area contributed by atoms with E-state index in [1.807, 2.05) is 6.29 Å². The number of hydrogen-bond acceptors (Lipinski definition) is 2. The topological polar surface area (TPSA) is 26.3 Å². The zero-order chi connectivity index (χ0) is 8.65. The molecule has 1 heterocycles. The highest BCUT2D eigenvalue weighted by atomic mass is 16.5. The van der Waals surface area contributed by atoms with Crippen LogP contribution in [0.25, 0.3) is 0 Å². The standard InChI is InChI=1S/C10H17O2/c11-9-10-7-5-3-1-2-4-6-8-12-10/h10H,1-8H2. The Labute approximate surface area is 74.3 Å². The van der Waals surface area contributed by atoms with Crippen LogP contribution in [0.15, 0.2) is 0 Å². The van der Waals surface area contributed by atoms with Gasteiger partial charge in [-0.15, -0.1) is 0 Å². The van der Waals surface area contributed by atoms with Crippen molar-refractivity contribution in [3.63, 3.8) is 0 Å². The van der Waals surface area contributed by atoms with Gasteiger partial charge in [-0.3, -0.25) is 4.79 Å². The van der Waals surface area contributed by atoms with Gasteiger partial charge in [0, 0.05) is 6.61 Å². The molecule has 0 aromatic rings. The van der Waals surface area contributed by atoms with Gasteiger partial charge in [-0.25, -0.2) is 0 Å². The molecule has 0 saturated carbocycles. The first kappa shape index (κ1) is 9.72. The molecule has 0 spiro atoms. The third kappa shape index (κ3) is 3.86. The van der Waals surface area contributed by atoms with Crippen molar-refractivity contribution in [2.45, 2.75) is 51.0 Å². The fraction of sp³-hybridized carbons (Fsp3) is 0.900. The molecule has 69 valence electrons. The van der Waals surface area contributed by atoms with Gasteiger partial charge in [0.15, 0.2) is 0 Å². The second kappa shape index (κ2) is 6.18. The second-order valence-corrected chi connectivity index (χ2v) is 3.39. The monoisotopic (exact) mass is 169 g/mol. The Hall–Kier alpha value is -0.370. The van der Waals surface area contributed by atoms with Crippen molar-refractivity contribution in [2.75, 3.05) is 6.61 Å². The van der Waals surface area contributed by atoms with Crippen molar-refractivity contribution in [1.29, 1.82) is 0 Å². The van der Waals surface area contributed by atoms with Gasteiger partial charge < -0.3 is 4.74 Å². The van der Waals surface area contributed by atoms with Crippen molar-refractivity contribution in [3.05, 3.63) is 0 Å². The summed E-state index contributed by atoms with van der Waals surface area (Å²) in [6, 6.07) is 0. The number of ether oxygens (including phenoxy) is 1. The molecule has 1 saturated heterocycles. The summed E-state index contributed by atoms with van der Waals surface area (Å²) >= 11 is 0. The minimum Gasteiger partial charge on any atom is -0.370 e. The maximum Gasteiger partial charge on any atom is 0.229 e. The third-order valence-corrected chi connectivity index (χ3v) is 2.31. The highest BCUT2D eigenvalue weighted by Crippen LogP contribution is 2.12. The van der Waals surface area contributed by atoms with Gasteiger partial charge in [-0.1, -0.05) is 32.1 Å². The molecule has 1 fully saturated rings. The maximum atomic E-state index is 10.4. The third-order valence-electron chi connectivity index (χ3n) is 2.31. The average Bonchev–Trinajstić information content (AvgIpc) is 2.14. The van der Waals surface area contributed by atoms with Crippen molar-refractivity contribution in [2.24, 2.45) is 0 Å². The molecule has 2 nitrogen and oxygen atoms in total. The average molecular weight is 169 g/mol. The van der Waals surface area contributed by atoms with Crippen LogP contribution in [0.2, 0.25) is 0 Å². The summed E-state index contributed by atoms with van der Waals surface area (Å²) in [5.74, 6) is 0. The Bertz CT molecular complexity index is 113. The number of rotatable bonds is 1. The largest absolute Gasteiger partial charge is 0.370 e. The van der Waals surface area contributed by atoms with Crippen molar-refractivity contribution in [1.82, 2.24) is 0 Å². The summed E-state index contributed by atoms with van der Waals surface area (Å²) in [7, 11) is 0. The van der Waals surface area contributed by atoms with Gasteiger partial charge in [0.05, 0.1) is 0 Å². The maximum absolute atomic E-state index is 10.4. The van der Waals surface area contributed by atoms with Gasteiger partial charge in [-0.2, -0.15) is 0 Å². The minimum atomic E-state index is -0.247. The first-order valence-corrected chi connectivity index (χ1v) is 4.93. The van der Waals surface area contributed by atoms with Crippen molar-refractivity contribution in [3.8, 4) is 0 Å². The molecular weight excluding hydrogens is 152 g/mol. The lowest BCUT2D eigenvalue weighted by Crippen LogP contribution is -2.15. The molecular formula is C10H17O2. The van der Waals surface area contributed by atoms with Crippen LogP contribution < -0.4 is 0 Å². The Balaban J connectivity index is 2.21. The molecule has 1 aliphatic rings. The van der Waals surface area contributed by atoms with Crippen LogP contribution >= 0.6 is 0 Å². The lowest BCUT2D eigenvalue weighted by Gasteiger charge is -2.12. The Kier molecular flexibility index (Phi) is 5.00. The van der Waals surface area contributed by atoms with Crippen molar-refractivity contribution >= 4 is 6.29 Å². The molecule has 0 bridgehead atoms. The first-order valence-electron chi connectivity index (χ1n) is 4.93. The molecule has 12 heavy (non-hydrogen) atoms. The molecule has 0 amide bonds. The van der Waals surface area contributed by atoms with Gasteiger partial charge in [0.2, 0.25) is 6.29 Å². The lowest BCUT2D eigenvalue weighted by molar-refractivity contribution is 0.0823. The van der Waals surface area contributed by atoms with E-state index in [-0.39, 0.29) is 6.10 Å². The normalized spacial score (nSPS) is 27.8. The summed E-state index contributed by atoms with van der Waals surface area (Å²) in [5, 5.41) is 0. The zero-order valence-electron chi connectivity index (χ0n) is 7.55. The molecule has 0 aromatic heterocycles. The highest BCUT2D eigenvalue weighted by molar-refractivity contribution is 5.56. The van der Waals surface area contributed by atoms with E-state index in [1.165, 1.54) is 25.7 Å². The fourth-order valence-corrected chi connectivity index (χ4v) is 1.54. The van der Waals surface area contributed by atoms with Gasteiger partial charge >= 0.3 is 0 Å². The molecule has 1 radical (unpaired) electrons. The highest BCUT2D eigenvalue weighted by Gasteiger charge is 2.09. The summed E-state index contributed by atoms with van der Waals surface area (Å²) in [4.78, 5) is 10.4. The number of carbonyl (C=O) groups excluding carboxylic acids is 1. The Morgan fingerprint density at radius 3 is 2.42 bits per heavy atom. The predicted octanol–water partition coefficient (Wildman–Crippen LogP) is 2.23. The first-order chi connectivity index (χ1) is 5.93. The van der Waals surface area contributed by atoms with E-state index in [2.05, 4.69) is 0 Å². The van der Waals surface area contributed by atoms with Crippen LogP contribution in [0.4, 0.5) is 0 Å². The molecule has 1 unspecified atom stereocenters. The molecule has 1 rings (SSSR count). The molecule has 2 heteroatoms. The van der Waals surface area contributed by atoms with E-state index in [9.17, 15) is 4.79 Å². The van der Waals surface area contributed by atoms with Crippen LogP contribution in [0.3, 0.4) is 0 Å². The SMILES string of the molecule is O=[C]C1CCCCCCCCO1. The summed E-state index contributed by atoms with van der Waals surface area (Å²) < 4.78 is 5.34. The van der Waals surface area contributed by atoms with Gasteiger partial charge in [-0.05, 0) is 12.8 Å². The van der Waals surface area contributed by atoms with Crippen LogP contribution in [0.5, 0.6) is 0 Å².